The van der Waals surface area contributed by atoms with E-state index in [1.165, 1.54) is 30.6 Å². The molecule has 0 spiro atoms. The average Bonchev–Trinajstić information content (AvgIpc) is 2.80. The number of non-ortho nitro benzene ring substituents is 1. The van der Waals surface area contributed by atoms with E-state index in [2.05, 4.69) is 20.5 Å². The predicted molar refractivity (Wildman–Crippen MR) is 118 cm³/mol. The summed E-state index contributed by atoms with van der Waals surface area (Å²) in [6, 6.07) is 11.7. The number of carbonyl (C=O) groups is 2. The number of esters is 2. The van der Waals surface area contributed by atoms with E-state index in [4.69, 9.17) is 9.47 Å². The molecule has 0 saturated carbocycles. The normalized spacial score (nSPS) is 10.6. The van der Waals surface area contributed by atoms with E-state index in [0.717, 1.165) is 6.07 Å². The fraction of sp³-hybridized carbons (Fsp3) is 0.136. The lowest BCUT2D eigenvalue weighted by Crippen LogP contribution is -2.10. The molecule has 168 valence electrons. The Labute approximate surface area is 188 Å². The van der Waals surface area contributed by atoms with Crippen molar-refractivity contribution in [2.24, 2.45) is 5.10 Å². The number of nitro groups is 1. The minimum absolute atomic E-state index is 0.0725. The van der Waals surface area contributed by atoms with Crippen molar-refractivity contribution in [1.82, 2.24) is 9.97 Å². The Morgan fingerprint density at radius 3 is 2.61 bits per heavy atom. The molecule has 11 nitrogen and oxygen atoms in total. The maximum absolute atomic E-state index is 12.2. The van der Waals surface area contributed by atoms with E-state index >= 15 is 0 Å². The second-order valence-corrected chi connectivity index (χ2v) is 6.55. The van der Waals surface area contributed by atoms with Crippen molar-refractivity contribution in [2.45, 2.75) is 13.8 Å². The first kappa shape index (κ1) is 23.0. The highest BCUT2D eigenvalue weighted by Gasteiger charge is 2.14. The van der Waals surface area contributed by atoms with Crippen molar-refractivity contribution in [3.05, 3.63) is 87.2 Å². The van der Waals surface area contributed by atoms with Gasteiger partial charge in [0.05, 0.1) is 34.6 Å². The van der Waals surface area contributed by atoms with Gasteiger partial charge in [-0.3, -0.25) is 10.1 Å². The van der Waals surface area contributed by atoms with Gasteiger partial charge in [0.15, 0.2) is 0 Å². The molecule has 0 unspecified atom stereocenters. The van der Waals surface area contributed by atoms with Crippen LogP contribution >= 0.6 is 0 Å². The number of anilines is 1. The molecule has 0 amide bonds. The van der Waals surface area contributed by atoms with Crippen molar-refractivity contribution in [1.29, 1.82) is 0 Å². The third-order valence-electron chi connectivity index (χ3n) is 4.24. The Bertz CT molecular complexity index is 1210. The molecule has 0 bridgehead atoms. The lowest BCUT2D eigenvalue weighted by molar-refractivity contribution is -0.384. The van der Waals surface area contributed by atoms with Gasteiger partial charge in [0.25, 0.3) is 5.69 Å². The van der Waals surface area contributed by atoms with Crippen LogP contribution in [-0.2, 0) is 4.74 Å². The van der Waals surface area contributed by atoms with Crippen LogP contribution in [0.4, 0.5) is 11.6 Å². The minimum Gasteiger partial charge on any atom is -0.462 e. The zero-order valence-corrected chi connectivity index (χ0v) is 17.7. The summed E-state index contributed by atoms with van der Waals surface area (Å²) in [5.74, 6) is -0.721. The van der Waals surface area contributed by atoms with Gasteiger partial charge < -0.3 is 9.47 Å². The van der Waals surface area contributed by atoms with Gasteiger partial charge in [0.1, 0.15) is 5.75 Å². The Balaban J connectivity index is 1.59. The van der Waals surface area contributed by atoms with E-state index in [0.29, 0.717) is 11.3 Å². The maximum Gasteiger partial charge on any atom is 0.343 e. The first-order valence-electron chi connectivity index (χ1n) is 9.74. The zero-order valence-electron chi connectivity index (χ0n) is 17.7. The number of nitrogens with zero attached hydrogens (tertiary/aromatic N) is 4. The Morgan fingerprint density at radius 1 is 1.18 bits per heavy atom. The largest absolute Gasteiger partial charge is 0.462 e. The highest BCUT2D eigenvalue weighted by atomic mass is 16.6. The van der Waals surface area contributed by atoms with Crippen molar-refractivity contribution in [3.8, 4) is 5.75 Å². The number of hydrogen-bond acceptors (Lipinski definition) is 10. The molecule has 11 heteroatoms. The fourth-order valence-corrected chi connectivity index (χ4v) is 2.63. The van der Waals surface area contributed by atoms with Gasteiger partial charge in [-0.05, 0) is 49.7 Å². The van der Waals surface area contributed by atoms with Crippen LogP contribution in [0.15, 0.2) is 59.8 Å². The SMILES string of the molecule is CCOC(=O)c1cnc(NN=Cc2ccc(OC(=O)c3cccc([N+](=O)[O-])c3)cc2)nc1C. The lowest BCUT2D eigenvalue weighted by atomic mass is 10.2. The van der Waals surface area contributed by atoms with Crippen LogP contribution in [0.3, 0.4) is 0 Å². The molecule has 0 aliphatic rings. The van der Waals surface area contributed by atoms with Gasteiger partial charge in [0.2, 0.25) is 5.95 Å². The second kappa shape index (κ2) is 10.6. The van der Waals surface area contributed by atoms with Crippen molar-refractivity contribution in [3.63, 3.8) is 0 Å². The number of carbonyl (C=O) groups excluding carboxylic acids is 2. The zero-order chi connectivity index (χ0) is 23.8. The molecule has 0 radical (unpaired) electrons. The Morgan fingerprint density at radius 2 is 1.94 bits per heavy atom. The first-order valence-corrected chi connectivity index (χ1v) is 9.74. The highest BCUT2D eigenvalue weighted by Crippen LogP contribution is 2.17. The number of benzene rings is 2. The number of hydrazone groups is 1. The summed E-state index contributed by atoms with van der Waals surface area (Å²) in [6.07, 6.45) is 2.87. The van der Waals surface area contributed by atoms with Crippen LogP contribution in [0.25, 0.3) is 0 Å². The smallest absolute Gasteiger partial charge is 0.343 e. The van der Waals surface area contributed by atoms with Gasteiger partial charge in [-0.1, -0.05) is 6.07 Å². The van der Waals surface area contributed by atoms with E-state index in [9.17, 15) is 19.7 Å². The number of ether oxygens (including phenoxy) is 2. The molecule has 1 N–H and O–H groups in total. The van der Waals surface area contributed by atoms with E-state index in [1.54, 1.807) is 38.1 Å². The number of nitrogens with one attached hydrogen (secondary N) is 1. The first-order chi connectivity index (χ1) is 15.9. The number of aromatic nitrogens is 2. The molecular formula is C22H19N5O6. The lowest BCUT2D eigenvalue weighted by Gasteiger charge is -2.06. The van der Waals surface area contributed by atoms with Crippen LogP contribution in [0.1, 0.15) is 38.9 Å². The Hall–Kier alpha value is -4.67. The van der Waals surface area contributed by atoms with Crippen LogP contribution in [0, 0.1) is 17.0 Å². The van der Waals surface area contributed by atoms with Crippen LogP contribution in [0.2, 0.25) is 0 Å². The molecule has 1 heterocycles. The third-order valence-corrected chi connectivity index (χ3v) is 4.24. The molecule has 1 aromatic heterocycles. The molecule has 0 atom stereocenters. The molecule has 0 fully saturated rings. The van der Waals surface area contributed by atoms with Crippen LogP contribution < -0.4 is 10.2 Å². The van der Waals surface area contributed by atoms with E-state index in [-0.39, 0.29) is 35.1 Å². The number of rotatable bonds is 8. The summed E-state index contributed by atoms with van der Waals surface area (Å²) in [5.41, 5.74) is 3.97. The summed E-state index contributed by atoms with van der Waals surface area (Å²) in [6.45, 7) is 3.64. The molecule has 2 aromatic carbocycles. The van der Waals surface area contributed by atoms with E-state index in [1.807, 2.05) is 0 Å². The number of aryl methyl sites for hydroxylation is 1. The van der Waals surface area contributed by atoms with Crippen molar-refractivity contribution < 1.29 is 24.0 Å². The second-order valence-electron chi connectivity index (χ2n) is 6.55. The van der Waals surface area contributed by atoms with Gasteiger partial charge in [0, 0.05) is 18.3 Å². The monoisotopic (exact) mass is 449 g/mol. The summed E-state index contributed by atoms with van der Waals surface area (Å²) >= 11 is 0. The van der Waals surface area contributed by atoms with Gasteiger partial charge in [-0.15, -0.1) is 0 Å². The molecular weight excluding hydrogens is 430 g/mol. The van der Waals surface area contributed by atoms with Crippen molar-refractivity contribution in [2.75, 3.05) is 12.0 Å². The Kier molecular flexibility index (Phi) is 7.37. The molecule has 0 aliphatic carbocycles. The quantitative estimate of drug-likeness (QED) is 0.179. The van der Waals surface area contributed by atoms with Crippen LogP contribution in [0.5, 0.6) is 5.75 Å². The molecule has 0 aliphatic heterocycles. The summed E-state index contributed by atoms with van der Waals surface area (Å²) in [7, 11) is 0. The molecule has 3 rings (SSSR count). The number of nitro benzene ring substituents is 1. The highest BCUT2D eigenvalue weighted by molar-refractivity contribution is 5.92. The maximum atomic E-state index is 12.2. The summed E-state index contributed by atoms with van der Waals surface area (Å²) in [5, 5.41) is 14.9. The predicted octanol–water partition coefficient (Wildman–Crippen LogP) is 3.54. The third kappa shape index (κ3) is 6.17. The average molecular weight is 449 g/mol. The van der Waals surface area contributed by atoms with E-state index < -0.39 is 16.9 Å². The standard InChI is InChI=1S/C22H19N5O6/c1-3-32-21(29)19-13-23-22(25-14(19)2)26-24-12-15-7-9-18(10-8-15)33-20(28)16-5-4-6-17(11-16)27(30)31/h4-13H,3H2,1-2H3,(H,23,25,26). The van der Waals surface area contributed by atoms with Gasteiger partial charge in [-0.25, -0.2) is 25.0 Å². The summed E-state index contributed by atoms with van der Waals surface area (Å²) < 4.78 is 10.2. The van der Waals surface area contributed by atoms with Crippen molar-refractivity contribution >= 4 is 29.8 Å². The molecule has 33 heavy (non-hydrogen) atoms. The minimum atomic E-state index is -0.708. The topological polar surface area (TPSA) is 146 Å². The van der Waals surface area contributed by atoms with Gasteiger partial charge >= 0.3 is 11.9 Å². The number of hydrogen-bond donors (Lipinski definition) is 1. The van der Waals surface area contributed by atoms with Crippen LogP contribution in [-0.4, -0.2) is 39.7 Å². The summed E-state index contributed by atoms with van der Waals surface area (Å²) in [4.78, 5) is 42.4. The molecule has 3 aromatic rings. The fourth-order valence-electron chi connectivity index (χ4n) is 2.63. The molecule has 0 saturated heterocycles. The van der Waals surface area contributed by atoms with Gasteiger partial charge in [-0.2, -0.15) is 5.10 Å².